The summed E-state index contributed by atoms with van der Waals surface area (Å²) in [5, 5.41) is 25.2. The van der Waals surface area contributed by atoms with Gasteiger partial charge in [-0.15, -0.1) is 0 Å². The summed E-state index contributed by atoms with van der Waals surface area (Å²) in [5.74, 6) is -1.31. The third-order valence-corrected chi connectivity index (χ3v) is 8.19. The van der Waals surface area contributed by atoms with E-state index in [0.29, 0.717) is 74.8 Å². The number of piperidine rings is 2. The van der Waals surface area contributed by atoms with Gasteiger partial charge in [-0.25, -0.2) is 8.78 Å². The number of hydrogen-bond acceptors (Lipinski definition) is 9. The number of ether oxygens (including phenoxy) is 1. The lowest BCUT2D eigenvalue weighted by atomic mass is 9.99. The average Bonchev–Trinajstić information content (AvgIpc) is 3.01. The molecule has 2 aromatic carbocycles. The predicted molar refractivity (Wildman–Crippen MR) is 163 cm³/mol. The molecule has 1 amide bonds. The quantitative estimate of drug-likeness (QED) is 0.342. The van der Waals surface area contributed by atoms with Crippen LogP contribution in [0.5, 0.6) is 0 Å². The van der Waals surface area contributed by atoms with E-state index in [-0.39, 0.29) is 28.5 Å². The third kappa shape index (κ3) is 7.92. The molecular weight excluding hydrogens is 574 g/mol. The molecule has 0 spiro atoms. The Labute approximate surface area is 254 Å². The standard InChI is InChI=1S/C27H29F2N3O5.C5H11NO/c1-16(30-20-13-18(28)12-19(29)14-20)22-10-17(27(35)32-4-2-21(33)3-5-32)11-23-24(34)15-25(37-26(22)23)31-6-8-36-9-7-31;7-5-1-3-6-4-2-5/h10-16,21,30,33H,2-9H2,1H3;5-7H,1-4H2. The molecule has 12 heteroatoms. The second kappa shape index (κ2) is 14.5. The van der Waals surface area contributed by atoms with Crippen LogP contribution in [0.3, 0.4) is 0 Å². The number of amides is 1. The third-order valence-electron chi connectivity index (χ3n) is 8.19. The van der Waals surface area contributed by atoms with Gasteiger partial charge in [-0.3, -0.25) is 9.59 Å². The van der Waals surface area contributed by atoms with Crippen LogP contribution in [0.4, 0.5) is 20.4 Å². The first-order valence-electron chi connectivity index (χ1n) is 15.2. The van der Waals surface area contributed by atoms with Gasteiger partial charge in [-0.2, -0.15) is 0 Å². The van der Waals surface area contributed by atoms with Crippen LogP contribution < -0.4 is 21.0 Å². The Hall–Kier alpha value is -3.58. The molecular formula is C32H40F2N4O6. The zero-order valence-electron chi connectivity index (χ0n) is 24.9. The van der Waals surface area contributed by atoms with E-state index in [1.54, 1.807) is 17.9 Å². The molecule has 4 N–H and O–H groups in total. The van der Waals surface area contributed by atoms with Crippen molar-refractivity contribution in [2.75, 3.05) is 62.7 Å². The summed E-state index contributed by atoms with van der Waals surface area (Å²) < 4.78 is 39.3. The number of anilines is 2. The fourth-order valence-electron chi connectivity index (χ4n) is 5.68. The first-order chi connectivity index (χ1) is 21.2. The van der Waals surface area contributed by atoms with Crippen molar-refractivity contribution < 1.29 is 32.9 Å². The van der Waals surface area contributed by atoms with Gasteiger partial charge < -0.3 is 39.8 Å². The number of aliphatic hydroxyl groups excluding tert-OH is 2. The van der Waals surface area contributed by atoms with E-state index in [9.17, 15) is 23.5 Å². The summed E-state index contributed by atoms with van der Waals surface area (Å²) in [7, 11) is 0. The minimum Gasteiger partial charge on any atom is -0.440 e. The van der Waals surface area contributed by atoms with Crippen molar-refractivity contribution in [2.45, 2.75) is 50.9 Å². The highest BCUT2D eigenvalue weighted by Gasteiger charge is 2.26. The number of halogens is 2. The summed E-state index contributed by atoms with van der Waals surface area (Å²) in [6, 6.07) is 7.18. The number of morpholine rings is 1. The van der Waals surface area contributed by atoms with Crippen molar-refractivity contribution in [2.24, 2.45) is 0 Å². The molecule has 0 radical (unpaired) electrons. The Bertz CT molecular complexity index is 1480. The van der Waals surface area contributed by atoms with E-state index >= 15 is 0 Å². The summed E-state index contributed by atoms with van der Waals surface area (Å²) in [6.07, 6.45) is 2.37. The number of rotatable bonds is 5. The molecule has 3 aliphatic rings. The Morgan fingerprint density at radius 2 is 1.57 bits per heavy atom. The Balaban J connectivity index is 0.000000484. The van der Waals surface area contributed by atoms with E-state index in [4.69, 9.17) is 14.3 Å². The van der Waals surface area contributed by atoms with Crippen molar-refractivity contribution in [1.82, 2.24) is 10.2 Å². The molecule has 10 nitrogen and oxygen atoms in total. The lowest BCUT2D eigenvalue weighted by Crippen LogP contribution is -2.40. The van der Waals surface area contributed by atoms with Gasteiger partial charge in [0.25, 0.3) is 5.91 Å². The molecule has 1 atom stereocenters. The smallest absolute Gasteiger partial charge is 0.253 e. The number of likely N-dealkylation sites (tertiary alicyclic amines) is 1. The van der Waals surface area contributed by atoms with Crippen molar-refractivity contribution in [1.29, 1.82) is 0 Å². The minimum atomic E-state index is -0.725. The Morgan fingerprint density at radius 3 is 2.18 bits per heavy atom. The summed E-state index contributed by atoms with van der Waals surface area (Å²) in [5.41, 5.74) is 1.04. The maximum Gasteiger partial charge on any atom is 0.253 e. The average molecular weight is 615 g/mol. The van der Waals surface area contributed by atoms with Gasteiger partial charge in [0.15, 0.2) is 11.3 Å². The molecule has 4 heterocycles. The van der Waals surface area contributed by atoms with Crippen molar-refractivity contribution in [3.05, 3.63) is 69.4 Å². The molecule has 3 aliphatic heterocycles. The second-order valence-electron chi connectivity index (χ2n) is 11.5. The van der Waals surface area contributed by atoms with Gasteiger partial charge in [0, 0.05) is 55.1 Å². The molecule has 1 unspecified atom stereocenters. The summed E-state index contributed by atoms with van der Waals surface area (Å²) in [6.45, 7) is 6.72. The zero-order valence-corrected chi connectivity index (χ0v) is 24.9. The van der Waals surface area contributed by atoms with Gasteiger partial charge in [0.2, 0.25) is 0 Å². The number of carbonyl (C=O) groups is 1. The van der Waals surface area contributed by atoms with Crippen LogP contribution in [0, 0.1) is 11.6 Å². The Morgan fingerprint density at radius 1 is 0.932 bits per heavy atom. The van der Waals surface area contributed by atoms with E-state index < -0.39 is 23.8 Å². The monoisotopic (exact) mass is 614 g/mol. The van der Waals surface area contributed by atoms with Gasteiger partial charge >= 0.3 is 0 Å². The highest BCUT2D eigenvalue weighted by Crippen LogP contribution is 2.31. The molecule has 0 bridgehead atoms. The number of benzene rings is 2. The largest absolute Gasteiger partial charge is 0.440 e. The van der Waals surface area contributed by atoms with Gasteiger partial charge in [0.05, 0.1) is 36.8 Å². The van der Waals surface area contributed by atoms with E-state index in [1.165, 1.54) is 24.3 Å². The minimum absolute atomic E-state index is 0.0266. The SMILES string of the molecule is CC(Nc1cc(F)cc(F)c1)c1cc(C(=O)N2CCC(O)CC2)cc2c(=O)cc(N3CCOCC3)oc12.OC1CCNCC1. The summed E-state index contributed by atoms with van der Waals surface area (Å²) in [4.78, 5) is 30.2. The van der Waals surface area contributed by atoms with Crippen molar-refractivity contribution >= 4 is 28.4 Å². The number of nitrogens with zero attached hydrogens (tertiary/aromatic N) is 2. The first kappa shape index (κ1) is 31.8. The number of aliphatic hydroxyl groups is 2. The lowest BCUT2D eigenvalue weighted by Gasteiger charge is -2.30. The van der Waals surface area contributed by atoms with Crippen molar-refractivity contribution in [3.8, 4) is 0 Å². The number of nitrogens with one attached hydrogen (secondary N) is 2. The van der Waals surface area contributed by atoms with E-state index in [1.807, 2.05) is 4.90 Å². The number of carbonyl (C=O) groups excluding carboxylic acids is 1. The molecule has 238 valence electrons. The fraction of sp³-hybridized carbons (Fsp3) is 0.500. The van der Waals surface area contributed by atoms with Crippen LogP contribution in [0.25, 0.3) is 11.0 Å². The maximum absolute atomic E-state index is 13.8. The summed E-state index contributed by atoms with van der Waals surface area (Å²) >= 11 is 0. The second-order valence-corrected chi connectivity index (χ2v) is 11.5. The maximum atomic E-state index is 13.8. The van der Waals surface area contributed by atoms with Crippen LogP contribution in [-0.2, 0) is 4.74 Å². The van der Waals surface area contributed by atoms with Crippen LogP contribution in [-0.4, -0.2) is 85.7 Å². The molecule has 1 aromatic heterocycles. The van der Waals surface area contributed by atoms with Crippen LogP contribution in [0.1, 0.15) is 54.6 Å². The highest BCUT2D eigenvalue weighted by molar-refractivity contribution is 5.99. The highest BCUT2D eigenvalue weighted by atomic mass is 19.1. The zero-order chi connectivity index (χ0) is 31.2. The normalized spacial score (nSPS) is 18.9. The van der Waals surface area contributed by atoms with Crippen molar-refractivity contribution in [3.63, 3.8) is 0 Å². The van der Waals surface area contributed by atoms with E-state index in [0.717, 1.165) is 32.0 Å². The molecule has 3 saturated heterocycles. The fourth-order valence-corrected chi connectivity index (χ4v) is 5.68. The van der Waals surface area contributed by atoms with Crippen LogP contribution in [0.15, 0.2) is 45.6 Å². The first-order valence-corrected chi connectivity index (χ1v) is 15.2. The van der Waals surface area contributed by atoms with Gasteiger partial charge in [0.1, 0.15) is 17.2 Å². The molecule has 0 aliphatic carbocycles. The van der Waals surface area contributed by atoms with Crippen LogP contribution >= 0.6 is 0 Å². The molecule has 3 fully saturated rings. The van der Waals surface area contributed by atoms with Crippen LogP contribution in [0.2, 0.25) is 0 Å². The molecule has 3 aromatic rings. The van der Waals surface area contributed by atoms with E-state index in [2.05, 4.69) is 10.6 Å². The number of hydrogen-bond donors (Lipinski definition) is 4. The number of fused-ring (bicyclic) bond motifs is 1. The predicted octanol–water partition coefficient (Wildman–Crippen LogP) is 3.41. The molecule has 0 saturated carbocycles. The molecule has 6 rings (SSSR count). The molecule has 44 heavy (non-hydrogen) atoms. The Kier molecular flexibility index (Phi) is 10.5. The van der Waals surface area contributed by atoms with Gasteiger partial charge in [-0.1, -0.05) is 0 Å². The topological polar surface area (TPSA) is 128 Å². The lowest BCUT2D eigenvalue weighted by molar-refractivity contribution is 0.0546. The van der Waals surface area contributed by atoms with Gasteiger partial charge in [-0.05, 0) is 70.0 Å².